The van der Waals surface area contributed by atoms with E-state index in [9.17, 15) is 13.2 Å². The maximum absolute atomic E-state index is 12.3. The number of furan rings is 1. The number of carbonyl (C=O) groups excluding carboxylic acids is 1. The van der Waals surface area contributed by atoms with Crippen molar-refractivity contribution in [2.24, 2.45) is 0 Å². The van der Waals surface area contributed by atoms with Crippen molar-refractivity contribution in [3.63, 3.8) is 0 Å². The quantitative estimate of drug-likeness (QED) is 0.546. The van der Waals surface area contributed by atoms with Gasteiger partial charge in [-0.2, -0.15) is 0 Å². The van der Waals surface area contributed by atoms with Gasteiger partial charge in [-0.25, -0.2) is 12.7 Å². The normalized spacial score (nSPS) is 11.9. The second kappa shape index (κ2) is 8.03. The highest BCUT2D eigenvalue weighted by Gasteiger charge is 2.21. The van der Waals surface area contributed by atoms with Crippen LogP contribution in [0.5, 0.6) is 0 Å². The summed E-state index contributed by atoms with van der Waals surface area (Å²) in [6, 6.07) is 12.7. The van der Waals surface area contributed by atoms with E-state index < -0.39 is 10.0 Å². The van der Waals surface area contributed by atoms with E-state index in [2.05, 4.69) is 0 Å². The summed E-state index contributed by atoms with van der Waals surface area (Å²) in [5.74, 6) is 0.198. The van der Waals surface area contributed by atoms with Gasteiger partial charge in [0.25, 0.3) is 10.0 Å². The summed E-state index contributed by atoms with van der Waals surface area (Å²) in [7, 11) is -1.97. The molecule has 2 aromatic heterocycles. The van der Waals surface area contributed by atoms with Gasteiger partial charge in [0.05, 0.1) is 0 Å². The molecule has 0 radical (unpaired) electrons. The van der Waals surface area contributed by atoms with Gasteiger partial charge < -0.3 is 9.15 Å². The number of ether oxygens (including phenoxy) is 1. The molecule has 3 aromatic rings. The zero-order valence-electron chi connectivity index (χ0n) is 14.3. The monoisotopic (exact) mass is 393 g/mol. The highest BCUT2D eigenvalue weighted by atomic mass is 32.2. The molecule has 26 heavy (non-hydrogen) atoms. The molecule has 0 N–H and O–H groups in total. The summed E-state index contributed by atoms with van der Waals surface area (Å²) in [6.45, 7) is 0.316. The number of thiophene rings is 1. The lowest BCUT2D eigenvalue weighted by Gasteiger charge is -2.15. The number of nitrogens with zero attached hydrogens (tertiary/aromatic N) is 1. The van der Waals surface area contributed by atoms with Gasteiger partial charge in [-0.3, -0.25) is 4.79 Å². The van der Waals surface area contributed by atoms with Crippen molar-refractivity contribution < 1.29 is 22.4 Å². The van der Waals surface area contributed by atoms with Crippen LogP contribution in [0.3, 0.4) is 0 Å². The molecule has 0 bridgehead atoms. The van der Waals surface area contributed by atoms with Crippen LogP contribution in [0.2, 0.25) is 0 Å². The lowest BCUT2D eigenvalue weighted by Crippen LogP contribution is -2.27. The molecule has 138 valence electrons. The molecule has 0 saturated carbocycles. The number of rotatable bonds is 8. The van der Waals surface area contributed by atoms with E-state index in [-0.39, 0.29) is 25.5 Å². The Labute approximate surface area is 156 Å². The summed E-state index contributed by atoms with van der Waals surface area (Å²) in [6.07, 6.45) is 0.532. The lowest BCUT2D eigenvalue weighted by molar-refractivity contribution is -0.145. The molecule has 0 amide bonds. The lowest BCUT2D eigenvalue weighted by atomic mass is 10.2. The first kappa shape index (κ1) is 18.6. The van der Waals surface area contributed by atoms with Gasteiger partial charge in [-0.05, 0) is 30.0 Å². The highest BCUT2D eigenvalue weighted by Crippen LogP contribution is 2.21. The van der Waals surface area contributed by atoms with Crippen molar-refractivity contribution in [3.05, 3.63) is 53.6 Å². The molecule has 6 nitrogen and oxygen atoms in total. The number of sulfonamides is 1. The van der Waals surface area contributed by atoms with Gasteiger partial charge in [0, 0.05) is 25.4 Å². The number of esters is 1. The SMILES string of the molecule is CN(CCCC(=O)OCc1cc2ccccc2o1)S(=O)(=O)c1cccs1. The number of para-hydroxylation sites is 1. The third-order valence-electron chi connectivity index (χ3n) is 3.87. The Kier molecular flexibility index (Phi) is 5.75. The maximum atomic E-state index is 12.3. The standard InChI is InChI=1S/C18H19NO5S2/c1-19(26(21,22)18-9-5-11-25-18)10-4-8-17(20)23-13-15-12-14-6-2-3-7-16(14)24-15/h2-3,5-7,9,11-12H,4,8,10,13H2,1H3. The van der Waals surface area contributed by atoms with Gasteiger partial charge in [0.1, 0.15) is 22.2 Å². The number of carbonyl (C=O) groups is 1. The Morgan fingerprint density at radius 1 is 1.23 bits per heavy atom. The second-order valence-electron chi connectivity index (χ2n) is 5.77. The van der Waals surface area contributed by atoms with Crippen molar-refractivity contribution in [2.75, 3.05) is 13.6 Å². The van der Waals surface area contributed by atoms with E-state index in [0.29, 0.717) is 16.4 Å². The van der Waals surface area contributed by atoms with Gasteiger partial charge >= 0.3 is 5.97 Å². The van der Waals surface area contributed by atoms with Crippen molar-refractivity contribution in [3.8, 4) is 0 Å². The van der Waals surface area contributed by atoms with Gasteiger partial charge in [0.2, 0.25) is 0 Å². The van der Waals surface area contributed by atoms with Gasteiger partial charge in [-0.15, -0.1) is 11.3 Å². The van der Waals surface area contributed by atoms with Gasteiger partial charge in [-0.1, -0.05) is 24.3 Å². The third-order valence-corrected chi connectivity index (χ3v) is 7.10. The zero-order valence-corrected chi connectivity index (χ0v) is 15.9. The summed E-state index contributed by atoms with van der Waals surface area (Å²) >= 11 is 1.17. The number of hydrogen-bond acceptors (Lipinski definition) is 6. The molecule has 8 heteroatoms. The van der Waals surface area contributed by atoms with Crippen molar-refractivity contribution in [1.82, 2.24) is 4.31 Å². The molecule has 0 aliphatic heterocycles. The first-order valence-corrected chi connectivity index (χ1v) is 10.4. The smallest absolute Gasteiger partial charge is 0.306 e. The number of hydrogen-bond donors (Lipinski definition) is 0. The second-order valence-corrected chi connectivity index (χ2v) is 8.99. The molecular formula is C18H19NO5S2. The van der Waals surface area contributed by atoms with E-state index in [1.54, 1.807) is 17.5 Å². The molecule has 0 atom stereocenters. The summed E-state index contributed by atoms with van der Waals surface area (Å²) < 4.78 is 36.9. The molecule has 0 unspecified atom stereocenters. The number of fused-ring (bicyclic) bond motifs is 1. The predicted molar refractivity (Wildman–Crippen MR) is 99.4 cm³/mol. The molecule has 1 aromatic carbocycles. The minimum atomic E-state index is -3.48. The van der Waals surface area contributed by atoms with Crippen LogP contribution in [0.25, 0.3) is 11.0 Å². The minimum Gasteiger partial charge on any atom is -0.457 e. The van der Waals surface area contributed by atoms with Crippen LogP contribution in [0, 0.1) is 0 Å². The molecule has 3 rings (SSSR count). The summed E-state index contributed by atoms with van der Waals surface area (Å²) in [4.78, 5) is 11.9. The topological polar surface area (TPSA) is 76.8 Å². The largest absolute Gasteiger partial charge is 0.457 e. The Morgan fingerprint density at radius 3 is 2.77 bits per heavy atom. The first-order valence-electron chi connectivity index (χ1n) is 8.10. The van der Waals surface area contributed by atoms with Crippen LogP contribution in [0.1, 0.15) is 18.6 Å². The predicted octanol–water partition coefficient (Wildman–Crippen LogP) is 3.64. The van der Waals surface area contributed by atoms with E-state index in [1.807, 2.05) is 30.3 Å². The van der Waals surface area contributed by atoms with Crippen LogP contribution in [0.15, 0.2) is 56.5 Å². The van der Waals surface area contributed by atoms with E-state index in [1.165, 1.54) is 22.7 Å². The molecule has 0 aliphatic rings. The van der Waals surface area contributed by atoms with Crippen LogP contribution in [-0.2, 0) is 26.2 Å². The Balaban J connectivity index is 1.44. The highest BCUT2D eigenvalue weighted by molar-refractivity contribution is 7.91. The van der Waals surface area contributed by atoms with Gasteiger partial charge in [0.15, 0.2) is 0 Å². The Bertz CT molecular complexity index is 943. The molecule has 0 saturated heterocycles. The zero-order chi connectivity index (χ0) is 18.6. The number of benzene rings is 1. The Hall–Kier alpha value is -2.16. The van der Waals surface area contributed by atoms with Crippen LogP contribution in [-0.4, -0.2) is 32.3 Å². The molecule has 2 heterocycles. The molecular weight excluding hydrogens is 374 g/mol. The fourth-order valence-corrected chi connectivity index (χ4v) is 4.87. The fraction of sp³-hybridized carbons (Fsp3) is 0.278. The van der Waals surface area contributed by atoms with Crippen LogP contribution >= 0.6 is 11.3 Å². The van der Waals surface area contributed by atoms with Crippen LogP contribution < -0.4 is 0 Å². The van der Waals surface area contributed by atoms with Crippen LogP contribution in [0.4, 0.5) is 0 Å². The maximum Gasteiger partial charge on any atom is 0.306 e. The fourth-order valence-electron chi connectivity index (χ4n) is 2.46. The third kappa shape index (κ3) is 4.32. The van der Waals surface area contributed by atoms with Crippen molar-refractivity contribution >= 4 is 38.3 Å². The molecule has 0 fully saturated rings. The van der Waals surface area contributed by atoms with E-state index in [0.717, 1.165) is 11.0 Å². The summed E-state index contributed by atoms with van der Waals surface area (Å²) in [5.41, 5.74) is 0.749. The minimum absolute atomic E-state index is 0.0663. The Morgan fingerprint density at radius 2 is 2.04 bits per heavy atom. The first-order chi connectivity index (χ1) is 12.5. The van der Waals surface area contributed by atoms with Crippen molar-refractivity contribution in [1.29, 1.82) is 0 Å². The van der Waals surface area contributed by atoms with E-state index in [4.69, 9.17) is 9.15 Å². The summed E-state index contributed by atoms with van der Waals surface area (Å²) in [5, 5.41) is 2.68. The molecule has 0 spiro atoms. The average molecular weight is 393 g/mol. The molecule has 0 aliphatic carbocycles. The average Bonchev–Trinajstić information content (AvgIpc) is 3.29. The van der Waals surface area contributed by atoms with E-state index >= 15 is 0 Å². The van der Waals surface area contributed by atoms with Crippen molar-refractivity contribution in [2.45, 2.75) is 23.7 Å².